The Balaban J connectivity index is 1.31. The summed E-state index contributed by atoms with van der Waals surface area (Å²) in [5, 5.41) is 2.85. The van der Waals surface area contributed by atoms with E-state index in [9.17, 15) is 9.59 Å². The van der Waals surface area contributed by atoms with Gasteiger partial charge in [-0.3, -0.25) is 9.79 Å². The van der Waals surface area contributed by atoms with Gasteiger partial charge in [0.1, 0.15) is 4.38 Å². The van der Waals surface area contributed by atoms with Crippen molar-refractivity contribution in [2.24, 2.45) is 4.99 Å². The zero-order chi connectivity index (χ0) is 22.3. The highest BCUT2D eigenvalue weighted by Crippen LogP contribution is 2.27. The van der Waals surface area contributed by atoms with Crippen molar-refractivity contribution in [1.82, 2.24) is 0 Å². The van der Waals surface area contributed by atoms with Gasteiger partial charge >= 0.3 is 5.97 Å². The van der Waals surface area contributed by atoms with Gasteiger partial charge in [0.2, 0.25) is 0 Å². The predicted molar refractivity (Wildman–Crippen MR) is 134 cm³/mol. The van der Waals surface area contributed by atoms with E-state index in [4.69, 9.17) is 4.74 Å². The van der Waals surface area contributed by atoms with Crippen LogP contribution < -0.4 is 10.2 Å². The molecule has 0 spiro atoms. The third-order valence-corrected chi connectivity index (χ3v) is 7.74. The van der Waals surface area contributed by atoms with Gasteiger partial charge < -0.3 is 15.0 Å². The zero-order valence-corrected chi connectivity index (χ0v) is 19.8. The second kappa shape index (κ2) is 10.9. The number of esters is 1. The Bertz CT molecular complexity index is 1020. The minimum atomic E-state index is -0.488. The van der Waals surface area contributed by atoms with Crippen LogP contribution in [0.4, 0.5) is 11.4 Å². The molecule has 1 amide bonds. The minimum absolute atomic E-state index is 0.323. The van der Waals surface area contributed by atoms with Crippen LogP contribution in [0.15, 0.2) is 47.5 Å². The lowest BCUT2D eigenvalue weighted by Gasteiger charge is -2.19. The number of carbonyl (C=O) groups is 2. The van der Waals surface area contributed by atoms with Crippen LogP contribution in [0.3, 0.4) is 0 Å². The van der Waals surface area contributed by atoms with Gasteiger partial charge in [0.15, 0.2) is 6.61 Å². The number of amides is 1. The number of ether oxygens (including phenoxy) is 1. The lowest BCUT2D eigenvalue weighted by Crippen LogP contribution is -2.22. The first-order valence-electron chi connectivity index (χ1n) is 10.8. The normalized spacial score (nSPS) is 15.5. The largest absolute Gasteiger partial charge is 0.452 e. The van der Waals surface area contributed by atoms with Gasteiger partial charge in [0, 0.05) is 36.0 Å². The molecule has 0 bridgehead atoms. The van der Waals surface area contributed by atoms with Gasteiger partial charge in [-0.15, -0.1) is 0 Å². The van der Waals surface area contributed by atoms with E-state index in [0.29, 0.717) is 11.3 Å². The number of aryl methyl sites for hydroxylation is 1. The third-order valence-electron chi connectivity index (χ3n) is 5.44. The predicted octanol–water partition coefficient (Wildman–Crippen LogP) is 4.73. The molecular weight excluding hydrogens is 442 g/mol. The molecule has 2 aromatic rings. The maximum Gasteiger partial charge on any atom is 0.338 e. The van der Waals surface area contributed by atoms with Crippen LogP contribution >= 0.6 is 23.5 Å². The number of thioether (sulfide) groups is 2. The summed E-state index contributed by atoms with van der Waals surface area (Å²) in [4.78, 5) is 31.8. The van der Waals surface area contributed by atoms with E-state index in [1.165, 1.54) is 18.5 Å². The van der Waals surface area contributed by atoms with Gasteiger partial charge in [-0.05, 0) is 55.2 Å². The van der Waals surface area contributed by atoms with Crippen LogP contribution in [0.5, 0.6) is 0 Å². The molecule has 4 rings (SSSR count). The summed E-state index contributed by atoms with van der Waals surface area (Å²) in [7, 11) is 0. The quantitative estimate of drug-likeness (QED) is 0.592. The van der Waals surface area contributed by atoms with Crippen molar-refractivity contribution >= 4 is 51.2 Å². The van der Waals surface area contributed by atoms with E-state index >= 15 is 0 Å². The van der Waals surface area contributed by atoms with Crippen molar-refractivity contribution in [3.63, 3.8) is 0 Å². The van der Waals surface area contributed by atoms with Crippen molar-refractivity contribution in [3.05, 3.63) is 59.2 Å². The third kappa shape index (κ3) is 5.86. The number of hydrogen-bond acceptors (Lipinski definition) is 7. The molecule has 0 atom stereocenters. The first-order chi connectivity index (χ1) is 15.6. The molecule has 8 heteroatoms. The van der Waals surface area contributed by atoms with E-state index in [1.54, 1.807) is 35.7 Å². The lowest BCUT2D eigenvalue weighted by molar-refractivity contribution is -0.119. The Morgan fingerprint density at radius 3 is 2.75 bits per heavy atom. The Hall–Kier alpha value is -2.45. The summed E-state index contributed by atoms with van der Waals surface area (Å²) in [6, 6.07) is 13.4. The minimum Gasteiger partial charge on any atom is -0.452 e. The zero-order valence-electron chi connectivity index (χ0n) is 18.1. The molecule has 2 heterocycles. The van der Waals surface area contributed by atoms with Gasteiger partial charge in [-0.2, -0.15) is 0 Å². The van der Waals surface area contributed by atoms with E-state index in [-0.39, 0.29) is 12.5 Å². The molecule has 0 unspecified atom stereocenters. The second-order valence-electron chi connectivity index (χ2n) is 7.76. The molecule has 6 nitrogen and oxygen atoms in total. The molecule has 32 heavy (non-hydrogen) atoms. The molecule has 0 aliphatic carbocycles. The van der Waals surface area contributed by atoms with E-state index in [0.717, 1.165) is 46.6 Å². The molecule has 168 valence electrons. The fourth-order valence-electron chi connectivity index (χ4n) is 3.74. The van der Waals surface area contributed by atoms with Gasteiger partial charge in [0.05, 0.1) is 12.1 Å². The number of nitrogens with one attached hydrogen (secondary N) is 1. The number of benzene rings is 2. The molecule has 1 saturated heterocycles. The SMILES string of the molecule is Cc1cc(N2CCCC2)ccc1NC(=O)COC(=O)c1ccccc1CSC1=NCCS1. The highest BCUT2D eigenvalue weighted by atomic mass is 32.2. The Kier molecular flexibility index (Phi) is 7.76. The van der Waals surface area contributed by atoms with Crippen LogP contribution in [0.25, 0.3) is 0 Å². The molecule has 1 fully saturated rings. The first-order valence-corrected chi connectivity index (χ1v) is 12.8. The van der Waals surface area contributed by atoms with Gasteiger partial charge in [0.25, 0.3) is 5.91 Å². The van der Waals surface area contributed by atoms with Crippen molar-refractivity contribution < 1.29 is 14.3 Å². The Labute approximate surface area is 197 Å². The summed E-state index contributed by atoms with van der Waals surface area (Å²) in [5.74, 6) is 0.824. The lowest BCUT2D eigenvalue weighted by atomic mass is 10.1. The average molecular weight is 470 g/mol. The Morgan fingerprint density at radius 2 is 2.00 bits per heavy atom. The van der Waals surface area contributed by atoms with E-state index in [2.05, 4.69) is 21.3 Å². The molecule has 0 aromatic heterocycles. The summed E-state index contributed by atoms with van der Waals surface area (Å²) in [5.41, 5.74) is 4.28. The second-order valence-corrected chi connectivity index (χ2v) is 10.1. The molecule has 2 aromatic carbocycles. The summed E-state index contributed by atoms with van der Waals surface area (Å²) in [6.45, 7) is 4.66. The summed E-state index contributed by atoms with van der Waals surface area (Å²) in [6.07, 6.45) is 2.44. The van der Waals surface area contributed by atoms with Crippen LogP contribution in [0.2, 0.25) is 0 Å². The van der Waals surface area contributed by atoms with Gasteiger partial charge in [-0.25, -0.2) is 4.79 Å². The highest BCUT2D eigenvalue weighted by Gasteiger charge is 2.17. The molecule has 0 radical (unpaired) electrons. The van der Waals surface area contributed by atoms with Crippen molar-refractivity contribution in [1.29, 1.82) is 0 Å². The number of aliphatic imine (C=N–C) groups is 1. The van der Waals surface area contributed by atoms with Crippen LogP contribution in [0, 0.1) is 6.92 Å². The monoisotopic (exact) mass is 469 g/mol. The number of hydrogen-bond donors (Lipinski definition) is 1. The smallest absolute Gasteiger partial charge is 0.338 e. The van der Waals surface area contributed by atoms with Crippen molar-refractivity contribution in [2.45, 2.75) is 25.5 Å². The van der Waals surface area contributed by atoms with Crippen molar-refractivity contribution in [2.75, 3.05) is 42.2 Å². The molecule has 0 saturated carbocycles. The maximum atomic E-state index is 12.6. The number of carbonyl (C=O) groups excluding carboxylic acids is 2. The van der Waals surface area contributed by atoms with E-state index < -0.39 is 5.97 Å². The molecule has 2 aliphatic heterocycles. The van der Waals surface area contributed by atoms with Gasteiger partial charge in [-0.1, -0.05) is 41.7 Å². The maximum absolute atomic E-state index is 12.6. The molecule has 2 aliphatic rings. The van der Waals surface area contributed by atoms with Crippen LogP contribution in [-0.2, 0) is 15.3 Å². The standard InChI is InChI=1S/C24H27N3O3S2/c1-17-14-19(27-11-4-5-12-27)8-9-21(17)26-22(28)15-30-23(29)20-7-3-2-6-18(20)16-32-24-25-10-13-31-24/h2-3,6-9,14H,4-5,10-13,15-16H2,1H3,(H,26,28). The topological polar surface area (TPSA) is 71.0 Å². The number of nitrogens with zero attached hydrogens (tertiary/aromatic N) is 2. The van der Waals surface area contributed by atoms with Crippen LogP contribution in [0.1, 0.15) is 34.3 Å². The van der Waals surface area contributed by atoms with Crippen LogP contribution in [-0.4, -0.2) is 48.2 Å². The first kappa shape index (κ1) is 22.7. The average Bonchev–Trinajstić information content (AvgIpc) is 3.52. The molecule has 1 N–H and O–H groups in total. The fourth-order valence-corrected chi connectivity index (χ4v) is 5.76. The highest BCUT2D eigenvalue weighted by molar-refractivity contribution is 8.38. The number of rotatable bonds is 7. The fraction of sp³-hybridized carbons (Fsp3) is 0.375. The van der Waals surface area contributed by atoms with Crippen molar-refractivity contribution in [3.8, 4) is 0 Å². The summed E-state index contributed by atoms with van der Waals surface area (Å²) >= 11 is 3.37. The summed E-state index contributed by atoms with van der Waals surface area (Å²) < 4.78 is 6.37. The Morgan fingerprint density at radius 1 is 1.19 bits per heavy atom. The number of anilines is 2. The van der Waals surface area contributed by atoms with E-state index in [1.807, 2.05) is 31.2 Å². The molecular formula is C24H27N3O3S2.